The van der Waals surface area contributed by atoms with Gasteiger partial charge in [-0.2, -0.15) is 0 Å². The van der Waals surface area contributed by atoms with E-state index in [-0.39, 0.29) is 5.82 Å². The standard InChI is InChI=1S/C16H20FN3/c1-2-20(16-7-5-15(17)6-8-16)11-10-19-13-14-4-3-9-18-12-14/h3-9,12,19H,2,10-11,13H2,1H3. The zero-order chi connectivity index (χ0) is 14.2. The lowest BCUT2D eigenvalue weighted by atomic mass is 10.2. The lowest BCUT2D eigenvalue weighted by Gasteiger charge is -2.23. The fourth-order valence-electron chi connectivity index (χ4n) is 2.07. The largest absolute Gasteiger partial charge is 0.371 e. The monoisotopic (exact) mass is 273 g/mol. The molecule has 0 saturated heterocycles. The molecule has 3 nitrogen and oxygen atoms in total. The highest BCUT2D eigenvalue weighted by atomic mass is 19.1. The third-order valence-electron chi connectivity index (χ3n) is 3.18. The number of likely N-dealkylation sites (N-methyl/N-ethyl adjacent to an activating group) is 1. The first-order valence-corrected chi connectivity index (χ1v) is 6.89. The van der Waals surface area contributed by atoms with Gasteiger partial charge in [-0.3, -0.25) is 4.98 Å². The lowest BCUT2D eigenvalue weighted by Crippen LogP contribution is -2.31. The maximum absolute atomic E-state index is 12.9. The van der Waals surface area contributed by atoms with Crippen molar-refractivity contribution in [2.75, 3.05) is 24.5 Å². The van der Waals surface area contributed by atoms with Gasteiger partial charge in [0, 0.05) is 44.3 Å². The van der Waals surface area contributed by atoms with Crippen molar-refractivity contribution in [3.05, 3.63) is 60.2 Å². The molecule has 2 aromatic rings. The van der Waals surface area contributed by atoms with Gasteiger partial charge in [-0.25, -0.2) is 4.39 Å². The van der Waals surface area contributed by atoms with E-state index in [9.17, 15) is 4.39 Å². The van der Waals surface area contributed by atoms with Gasteiger partial charge in [0.15, 0.2) is 0 Å². The summed E-state index contributed by atoms with van der Waals surface area (Å²) in [5.74, 6) is -0.195. The van der Waals surface area contributed by atoms with Gasteiger partial charge in [0.05, 0.1) is 0 Å². The van der Waals surface area contributed by atoms with E-state index in [4.69, 9.17) is 0 Å². The van der Waals surface area contributed by atoms with Gasteiger partial charge in [-0.15, -0.1) is 0 Å². The number of rotatable bonds is 7. The summed E-state index contributed by atoms with van der Waals surface area (Å²) in [7, 11) is 0. The molecule has 0 saturated carbocycles. The lowest BCUT2D eigenvalue weighted by molar-refractivity contribution is 0.626. The molecule has 20 heavy (non-hydrogen) atoms. The molecule has 0 bridgehead atoms. The topological polar surface area (TPSA) is 28.2 Å². The molecule has 0 aliphatic carbocycles. The molecule has 0 spiro atoms. The Bertz CT molecular complexity index is 499. The molecule has 0 atom stereocenters. The molecule has 1 heterocycles. The number of halogens is 1. The molecule has 1 N–H and O–H groups in total. The average Bonchev–Trinajstić information content (AvgIpc) is 2.50. The second kappa shape index (κ2) is 7.60. The molecule has 0 amide bonds. The Morgan fingerprint density at radius 2 is 2.00 bits per heavy atom. The maximum Gasteiger partial charge on any atom is 0.123 e. The number of pyridine rings is 1. The Hall–Kier alpha value is -1.94. The second-order valence-corrected chi connectivity index (χ2v) is 4.59. The molecule has 0 aliphatic heterocycles. The minimum atomic E-state index is -0.195. The number of nitrogens with one attached hydrogen (secondary N) is 1. The van der Waals surface area contributed by atoms with Crippen LogP contribution in [0.25, 0.3) is 0 Å². The number of benzene rings is 1. The van der Waals surface area contributed by atoms with E-state index in [0.29, 0.717) is 0 Å². The molecular formula is C16H20FN3. The van der Waals surface area contributed by atoms with Crippen molar-refractivity contribution in [3.63, 3.8) is 0 Å². The summed E-state index contributed by atoms with van der Waals surface area (Å²) in [5.41, 5.74) is 2.23. The molecule has 1 aromatic carbocycles. The minimum absolute atomic E-state index is 0.195. The summed E-state index contributed by atoms with van der Waals surface area (Å²) in [6.07, 6.45) is 3.64. The van der Waals surface area contributed by atoms with Gasteiger partial charge in [0.25, 0.3) is 0 Å². The maximum atomic E-state index is 12.9. The molecular weight excluding hydrogens is 253 g/mol. The van der Waals surface area contributed by atoms with Crippen LogP contribution in [-0.4, -0.2) is 24.6 Å². The van der Waals surface area contributed by atoms with E-state index in [2.05, 4.69) is 28.2 Å². The van der Waals surface area contributed by atoms with E-state index in [1.165, 1.54) is 17.7 Å². The van der Waals surface area contributed by atoms with E-state index < -0.39 is 0 Å². The van der Waals surface area contributed by atoms with E-state index in [1.54, 1.807) is 6.20 Å². The molecule has 106 valence electrons. The van der Waals surface area contributed by atoms with E-state index in [0.717, 1.165) is 31.9 Å². The molecule has 1 aromatic heterocycles. The van der Waals surface area contributed by atoms with Crippen molar-refractivity contribution in [1.29, 1.82) is 0 Å². The predicted octanol–water partition coefficient (Wildman–Crippen LogP) is 2.84. The first kappa shape index (κ1) is 14.5. The summed E-state index contributed by atoms with van der Waals surface area (Å²) in [6, 6.07) is 10.6. The third kappa shape index (κ3) is 4.31. The Morgan fingerprint density at radius 3 is 2.65 bits per heavy atom. The van der Waals surface area contributed by atoms with Crippen molar-refractivity contribution in [3.8, 4) is 0 Å². The zero-order valence-corrected chi connectivity index (χ0v) is 11.7. The summed E-state index contributed by atoms with van der Waals surface area (Å²) >= 11 is 0. The summed E-state index contributed by atoms with van der Waals surface area (Å²) < 4.78 is 12.9. The Labute approximate surface area is 119 Å². The molecule has 0 aliphatic rings. The number of anilines is 1. The Morgan fingerprint density at radius 1 is 1.20 bits per heavy atom. The number of hydrogen-bond acceptors (Lipinski definition) is 3. The smallest absolute Gasteiger partial charge is 0.123 e. The van der Waals surface area contributed by atoms with Crippen LogP contribution in [0.1, 0.15) is 12.5 Å². The highest BCUT2D eigenvalue weighted by Crippen LogP contribution is 2.13. The van der Waals surface area contributed by atoms with Crippen LogP contribution in [0.2, 0.25) is 0 Å². The number of hydrogen-bond donors (Lipinski definition) is 1. The zero-order valence-electron chi connectivity index (χ0n) is 11.7. The summed E-state index contributed by atoms with van der Waals surface area (Å²) in [5, 5.41) is 3.39. The van der Waals surface area contributed by atoms with Crippen LogP contribution in [0.5, 0.6) is 0 Å². The highest BCUT2D eigenvalue weighted by Gasteiger charge is 2.03. The van der Waals surface area contributed by atoms with Crippen LogP contribution < -0.4 is 10.2 Å². The van der Waals surface area contributed by atoms with Gasteiger partial charge in [-0.05, 0) is 42.8 Å². The van der Waals surface area contributed by atoms with E-state index >= 15 is 0 Å². The fraction of sp³-hybridized carbons (Fsp3) is 0.312. The molecule has 2 rings (SSSR count). The first-order valence-electron chi connectivity index (χ1n) is 6.89. The summed E-state index contributed by atoms with van der Waals surface area (Å²) in [4.78, 5) is 6.30. The van der Waals surface area contributed by atoms with E-state index in [1.807, 2.05) is 24.4 Å². The average molecular weight is 273 g/mol. The molecule has 0 radical (unpaired) electrons. The fourth-order valence-corrected chi connectivity index (χ4v) is 2.07. The van der Waals surface area contributed by atoms with Crippen LogP contribution in [-0.2, 0) is 6.54 Å². The van der Waals surface area contributed by atoms with Gasteiger partial charge in [0.1, 0.15) is 5.82 Å². The van der Waals surface area contributed by atoms with Crippen LogP contribution in [0.3, 0.4) is 0 Å². The van der Waals surface area contributed by atoms with Crippen molar-refractivity contribution >= 4 is 5.69 Å². The Kier molecular flexibility index (Phi) is 5.50. The second-order valence-electron chi connectivity index (χ2n) is 4.59. The van der Waals surface area contributed by atoms with Gasteiger partial charge in [0.2, 0.25) is 0 Å². The SMILES string of the molecule is CCN(CCNCc1cccnc1)c1ccc(F)cc1. The summed E-state index contributed by atoms with van der Waals surface area (Å²) in [6.45, 7) is 5.59. The quantitative estimate of drug-likeness (QED) is 0.786. The van der Waals surface area contributed by atoms with Gasteiger partial charge >= 0.3 is 0 Å². The first-order chi connectivity index (χ1) is 9.79. The number of aromatic nitrogens is 1. The minimum Gasteiger partial charge on any atom is -0.371 e. The molecule has 4 heteroatoms. The van der Waals surface area contributed by atoms with Crippen molar-refractivity contribution in [2.45, 2.75) is 13.5 Å². The number of nitrogens with zero attached hydrogens (tertiary/aromatic N) is 2. The van der Waals surface area contributed by atoms with Crippen LogP contribution >= 0.6 is 0 Å². The van der Waals surface area contributed by atoms with Crippen molar-refractivity contribution in [2.24, 2.45) is 0 Å². The normalized spacial score (nSPS) is 10.5. The van der Waals surface area contributed by atoms with Gasteiger partial charge in [-0.1, -0.05) is 6.07 Å². The molecule has 0 unspecified atom stereocenters. The van der Waals surface area contributed by atoms with Crippen molar-refractivity contribution in [1.82, 2.24) is 10.3 Å². The van der Waals surface area contributed by atoms with Gasteiger partial charge < -0.3 is 10.2 Å². The highest BCUT2D eigenvalue weighted by molar-refractivity contribution is 5.46. The third-order valence-corrected chi connectivity index (χ3v) is 3.18. The molecule has 0 fully saturated rings. The van der Waals surface area contributed by atoms with Crippen molar-refractivity contribution < 1.29 is 4.39 Å². The predicted molar refractivity (Wildman–Crippen MR) is 80.2 cm³/mol. The van der Waals surface area contributed by atoms with Crippen LogP contribution in [0, 0.1) is 5.82 Å². The van der Waals surface area contributed by atoms with Crippen LogP contribution in [0.4, 0.5) is 10.1 Å². The Balaban J connectivity index is 1.78. The van der Waals surface area contributed by atoms with Crippen LogP contribution in [0.15, 0.2) is 48.8 Å².